The molecule has 150 valence electrons. The zero-order chi connectivity index (χ0) is 20.5. The van der Waals surface area contributed by atoms with E-state index in [-0.39, 0.29) is 11.7 Å². The van der Waals surface area contributed by atoms with Crippen LogP contribution in [0.15, 0.2) is 73.1 Å². The van der Waals surface area contributed by atoms with Gasteiger partial charge < -0.3 is 15.5 Å². The number of amides is 1. The lowest BCUT2D eigenvalue weighted by molar-refractivity contribution is -0.110. The van der Waals surface area contributed by atoms with Crippen molar-refractivity contribution in [3.63, 3.8) is 0 Å². The Morgan fingerprint density at radius 2 is 2.00 bits per heavy atom. The van der Waals surface area contributed by atoms with Gasteiger partial charge in [0.05, 0.1) is 11.3 Å². The molecule has 5 rings (SSSR count). The Kier molecular flexibility index (Phi) is 4.67. The Morgan fingerprint density at radius 3 is 2.80 bits per heavy atom. The lowest BCUT2D eigenvalue weighted by Crippen LogP contribution is -2.19. The number of carbonyl (C=O) groups excluding carboxylic acids is 1. The molecule has 3 aromatic rings. The van der Waals surface area contributed by atoms with Gasteiger partial charge in [-0.25, -0.2) is 4.39 Å². The standard InChI is InChI=1S/C24H21FN4O/c25-17-4-9-20-21(24(30)28-23(20)13-17)14-27-18-5-7-19(8-6-18)29-12-10-16(15-29)22-3-1-2-11-26-22/h1-9,11,13-14,16,27H,10,12,15H2,(H,28,30)/b21-14-. The van der Waals surface area contributed by atoms with E-state index >= 15 is 0 Å². The van der Waals surface area contributed by atoms with E-state index in [0.717, 1.165) is 30.9 Å². The maximum Gasteiger partial charge on any atom is 0.257 e. The van der Waals surface area contributed by atoms with Gasteiger partial charge in [0.1, 0.15) is 5.82 Å². The third kappa shape index (κ3) is 3.52. The number of carbonyl (C=O) groups is 1. The first kappa shape index (κ1) is 18.4. The minimum Gasteiger partial charge on any atom is -0.371 e. The van der Waals surface area contributed by atoms with Gasteiger partial charge in [-0.2, -0.15) is 0 Å². The average molecular weight is 400 g/mol. The second-order valence-electron chi connectivity index (χ2n) is 7.58. The van der Waals surface area contributed by atoms with Crippen molar-refractivity contribution in [3.05, 3.63) is 90.1 Å². The first-order valence-electron chi connectivity index (χ1n) is 10.0. The lowest BCUT2D eigenvalue weighted by Gasteiger charge is -2.19. The number of benzene rings is 2. The van der Waals surface area contributed by atoms with Crippen molar-refractivity contribution < 1.29 is 9.18 Å². The zero-order valence-corrected chi connectivity index (χ0v) is 16.3. The summed E-state index contributed by atoms with van der Waals surface area (Å²) in [5.74, 6) is -0.150. The van der Waals surface area contributed by atoms with Gasteiger partial charge in [0.15, 0.2) is 0 Å². The van der Waals surface area contributed by atoms with Gasteiger partial charge in [0.2, 0.25) is 0 Å². The van der Waals surface area contributed by atoms with Crippen molar-refractivity contribution in [2.75, 3.05) is 28.6 Å². The topological polar surface area (TPSA) is 57.3 Å². The summed E-state index contributed by atoms with van der Waals surface area (Å²) in [5.41, 5.74) is 4.90. The van der Waals surface area contributed by atoms with Crippen molar-refractivity contribution in [1.29, 1.82) is 0 Å². The van der Waals surface area contributed by atoms with Crippen molar-refractivity contribution >= 4 is 28.5 Å². The highest BCUT2D eigenvalue weighted by Gasteiger charge is 2.25. The van der Waals surface area contributed by atoms with E-state index in [2.05, 4.69) is 38.7 Å². The quantitative estimate of drug-likeness (QED) is 0.628. The van der Waals surface area contributed by atoms with Crippen LogP contribution in [0.4, 0.5) is 21.5 Å². The van der Waals surface area contributed by atoms with Crippen LogP contribution < -0.4 is 15.5 Å². The molecule has 1 aromatic heterocycles. The Balaban J connectivity index is 1.26. The van der Waals surface area contributed by atoms with Gasteiger partial charge in [-0.05, 0) is 61.0 Å². The second-order valence-corrected chi connectivity index (χ2v) is 7.58. The first-order chi connectivity index (χ1) is 14.7. The molecular weight excluding hydrogens is 379 g/mol. The summed E-state index contributed by atoms with van der Waals surface area (Å²) in [7, 11) is 0. The highest BCUT2D eigenvalue weighted by Crippen LogP contribution is 2.33. The SMILES string of the molecule is O=C1Nc2cc(F)ccc2/C1=C/Nc1ccc(N2CCC(c3ccccn3)C2)cc1. The molecule has 5 nitrogen and oxygen atoms in total. The molecule has 1 unspecified atom stereocenters. The number of rotatable bonds is 4. The van der Waals surface area contributed by atoms with E-state index in [1.165, 1.54) is 17.8 Å². The van der Waals surface area contributed by atoms with Crippen LogP contribution in [0.5, 0.6) is 0 Å². The number of fused-ring (bicyclic) bond motifs is 1. The summed E-state index contributed by atoms with van der Waals surface area (Å²) in [6, 6.07) is 18.6. The van der Waals surface area contributed by atoms with Crippen LogP contribution >= 0.6 is 0 Å². The number of nitrogens with one attached hydrogen (secondary N) is 2. The van der Waals surface area contributed by atoms with Crippen LogP contribution in [0.25, 0.3) is 5.57 Å². The molecule has 2 aliphatic rings. The highest BCUT2D eigenvalue weighted by molar-refractivity contribution is 6.31. The molecule has 2 aromatic carbocycles. The molecule has 1 saturated heterocycles. The molecule has 2 aliphatic heterocycles. The highest BCUT2D eigenvalue weighted by atomic mass is 19.1. The van der Waals surface area contributed by atoms with Crippen LogP contribution in [-0.4, -0.2) is 24.0 Å². The maximum atomic E-state index is 13.4. The molecule has 1 atom stereocenters. The van der Waals surface area contributed by atoms with E-state index in [4.69, 9.17) is 0 Å². The molecule has 6 heteroatoms. The largest absolute Gasteiger partial charge is 0.371 e. The van der Waals surface area contributed by atoms with E-state index in [0.29, 0.717) is 22.7 Å². The summed E-state index contributed by atoms with van der Waals surface area (Å²) in [5, 5.41) is 5.87. The van der Waals surface area contributed by atoms with Crippen LogP contribution in [0, 0.1) is 5.82 Å². The molecule has 3 heterocycles. The summed E-state index contributed by atoms with van der Waals surface area (Å²) >= 11 is 0. The van der Waals surface area contributed by atoms with Crippen molar-refractivity contribution in [1.82, 2.24) is 4.98 Å². The Morgan fingerprint density at radius 1 is 1.13 bits per heavy atom. The number of hydrogen-bond donors (Lipinski definition) is 2. The fourth-order valence-electron chi connectivity index (χ4n) is 4.09. The Bertz CT molecular complexity index is 1110. The third-order valence-electron chi connectivity index (χ3n) is 5.67. The first-order valence-corrected chi connectivity index (χ1v) is 10.0. The van der Waals surface area contributed by atoms with Crippen LogP contribution in [0.1, 0.15) is 23.6 Å². The minimum absolute atomic E-state index is 0.239. The van der Waals surface area contributed by atoms with E-state index < -0.39 is 0 Å². The fourth-order valence-corrected chi connectivity index (χ4v) is 4.09. The van der Waals surface area contributed by atoms with Crippen LogP contribution in [0.3, 0.4) is 0 Å². The monoisotopic (exact) mass is 400 g/mol. The normalized spacial score (nSPS) is 19.1. The number of halogens is 1. The number of anilines is 3. The van der Waals surface area contributed by atoms with Crippen molar-refractivity contribution in [2.24, 2.45) is 0 Å². The Hall–Kier alpha value is -3.67. The molecule has 30 heavy (non-hydrogen) atoms. The van der Waals surface area contributed by atoms with Gasteiger partial charge in [-0.3, -0.25) is 9.78 Å². The summed E-state index contributed by atoms with van der Waals surface area (Å²) in [6.45, 7) is 1.97. The second kappa shape index (κ2) is 7.63. The molecule has 0 aliphatic carbocycles. The number of nitrogens with zero attached hydrogens (tertiary/aromatic N) is 2. The number of aromatic nitrogens is 1. The van der Waals surface area contributed by atoms with Crippen molar-refractivity contribution in [3.8, 4) is 0 Å². The third-order valence-corrected chi connectivity index (χ3v) is 5.67. The van der Waals surface area contributed by atoms with Gasteiger partial charge in [-0.15, -0.1) is 0 Å². The molecule has 1 amide bonds. The van der Waals surface area contributed by atoms with Gasteiger partial charge >= 0.3 is 0 Å². The van der Waals surface area contributed by atoms with Gasteiger partial charge in [0.25, 0.3) is 5.91 Å². The summed E-state index contributed by atoms with van der Waals surface area (Å²) < 4.78 is 13.4. The number of hydrogen-bond acceptors (Lipinski definition) is 4. The van der Waals surface area contributed by atoms with E-state index in [1.807, 2.05) is 30.5 Å². The van der Waals surface area contributed by atoms with E-state index in [1.54, 1.807) is 12.3 Å². The fraction of sp³-hybridized carbons (Fsp3) is 0.167. The molecule has 0 spiro atoms. The predicted octanol–water partition coefficient (Wildman–Crippen LogP) is 4.62. The predicted molar refractivity (Wildman–Crippen MR) is 117 cm³/mol. The molecule has 0 bridgehead atoms. The zero-order valence-electron chi connectivity index (χ0n) is 16.3. The minimum atomic E-state index is -0.369. The maximum absolute atomic E-state index is 13.4. The smallest absolute Gasteiger partial charge is 0.257 e. The molecular formula is C24H21FN4O. The molecule has 0 saturated carbocycles. The number of pyridine rings is 1. The lowest BCUT2D eigenvalue weighted by atomic mass is 10.0. The van der Waals surface area contributed by atoms with Gasteiger partial charge in [-0.1, -0.05) is 6.07 Å². The van der Waals surface area contributed by atoms with Crippen molar-refractivity contribution in [2.45, 2.75) is 12.3 Å². The molecule has 2 N–H and O–H groups in total. The Labute approximate surface area is 174 Å². The van der Waals surface area contributed by atoms with Crippen LogP contribution in [-0.2, 0) is 4.79 Å². The average Bonchev–Trinajstić information content (AvgIpc) is 3.37. The molecule has 1 fully saturated rings. The molecule has 0 radical (unpaired) electrons. The summed E-state index contributed by atoms with van der Waals surface area (Å²) in [6.07, 6.45) is 4.62. The van der Waals surface area contributed by atoms with Crippen LogP contribution in [0.2, 0.25) is 0 Å². The van der Waals surface area contributed by atoms with Gasteiger partial charge in [0, 0.05) is 54.0 Å². The summed E-state index contributed by atoms with van der Waals surface area (Å²) in [4.78, 5) is 19.1. The van der Waals surface area contributed by atoms with E-state index in [9.17, 15) is 9.18 Å².